The standard InChI is InChI=1S/C60H37N9/c1-4-15-38(16-5-1)49-36-56(65-59(64-49)39-17-6-2-7-18-39)68-50-23-12-10-21-44(50)46-33-40(26-29-52(46)68)41-27-30-53-47(34-41)45-22-11-13-24-51(45)69(53)60-63-37-62-58(66-60)42-28-31-54-48(35-42)57-55(25-14-32-61-57)67(54)43-19-8-3-9-20-43/h1-37H. The monoisotopic (exact) mass is 883 g/mol. The van der Waals surface area contributed by atoms with Crippen LogP contribution in [0.5, 0.6) is 0 Å². The molecule has 0 fully saturated rings. The molecule has 0 amide bonds. The number of rotatable bonds is 7. The molecule has 0 saturated heterocycles. The summed E-state index contributed by atoms with van der Waals surface area (Å²) in [6.45, 7) is 0. The molecule has 9 nitrogen and oxygen atoms in total. The van der Waals surface area contributed by atoms with Gasteiger partial charge >= 0.3 is 0 Å². The summed E-state index contributed by atoms with van der Waals surface area (Å²) in [6.07, 6.45) is 3.46. The van der Waals surface area contributed by atoms with Crippen LogP contribution < -0.4 is 0 Å². The lowest BCUT2D eigenvalue weighted by Gasteiger charge is -2.12. The van der Waals surface area contributed by atoms with Gasteiger partial charge in [-0.2, -0.15) is 4.98 Å². The molecule has 0 spiro atoms. The van der Waals surface area contributed by atoms with Gasteiger partial charge in [0.15, 0.2) is 11.6 Å². The molecule has 0 radical (unpaired) electrons. The van der Waals surface area contributed by atoms with E-state index in [9.17, 15) is 0 Å². The summed E-state index contributed by atoms with van der Waals surface area (Å²) in [5.74, 6) is 2.63. The Balaban J connectivity index is 0.881. The molecule has 8 aromatic carbocycles. The van der Waals surface area contributed by atoms with Gasteiger partial charge in [0.05, 0.1) is 44.3 Å². The second-order valence-corrected chi connectivity index (χ2v) is 17.2. The first-order valence-electron chi connectivity index (χ1n) is 22.9. The summed E-state index contributed by atoms with van der Waals surface area (Å²) in [5, 5.41) is 5.54. The molecule has 0 N–H and O–H groups in total. The van der Waals surface area contributed by atoms with Crippen LogP contribution in [0.2, 0.25) is 0 Å². The number of hydrogen-bond donors (Lipinski definition) is 0. The van der Waals surface area contributed by atoms with Crippen molar-refractivity contribution in [1.29, 1.82) is 0 Å². The van der Waals surface area contributed by atoms with Gasteiger partial charge in [0.2, 0.25) is 5.95 Å². The molecule has 0 atom stereocenters. The first-order valence-corrected chi connectivity index (χ1v) is 22.9. The second kappa shape index (κ2) is 15.5. The van der Waals surface area contributed by atoms with Crippen molar-refractivity contribution >= 4 is 65.5 Å². The molecular weight excluding hydrogens is 847 g/mol. The molecule has 6 aromatic heterocycles. The smallest absolute Gasteiger partial charge is 0.238 e. The fourth-order valence-electron chi connectivity index (χ4n) is 10.2. The summed E-state index contributed by atoms with van der Waals surface area (Å²) in [4.78, 5) is 29.8. The van der Waals surface area contributed by atoms with Crippen LogP contribution in [0.25, 0.3) is 128 Å². The maximum absolute atomic E-state index is 5.23. The lowest BCUT2D eigenvalue weighted by atomic mass is 10.0. The molecule has 14 aromatic rings. The van der Waals surface area contributed by atoms with Crippen molar-refractivity contribution < 1.29 is 0 Å². The van der Waals surface area contributed by atoms with E-state index < -0.39 is 0 Å². The number of pyridine rings is 1. The van der Waals surface area contributed by atoms with Crippen molar-refractivity contribution in [3.8, 4) is 62.6 Å². The van der Waals surface area contributed by atoms with E-state index in [4.69, 9.17) is 29.9 Å². The van der Waals surface area contributed by atoms with Crippen molar-refractivity contribution in [2.24, 2.45) is 0 Å². The molecule has 0 aliphatic carbocycles. The van der Waals surface area contributed by atoms with Crippen LogP contribution in [-0.2, 0) is 0 Å². The Morgan fingerprint density at radius 3 is 1.57 bits per heavy atom. The number of para-hydroxylation sites is 3. The maximum Gasteiger partial charge on any atom is 0.238 e. The SMILES string of the molecule is c1ccc(-c2cc(-n3c4ccccc4c4cc(-c5ccc6c(c5)c5ccccc5n6-c5ncnc(-c6ccc7c(c6)c6ncccc6n7-c6ccccc6)n5)ccc43)nc(-c3ccccc3)n2)cc1. The number of fused-ring (bicyclic) bond motifs is 9. The van der Waals surface area contributed by atoms with Gasteiger partial charge in [-0.1, -0.05) is 127 Å². The van der Waals surface area contributed by atoms with E-state index in [-0.39, 0.29) is 0 Å². The summed E-state index contributed by atoms with van der Waals surface area (Å²) < 4.78 is 6.67. The highest BCUT2D eigenvalue weighted by molar-refractivity contribution is 6.13. The number of benzene rings is 8. The molecule has 0 aliphatic rings. The van der Waals surface area contributed by atoms with Crippen LogP contribution >= 0.6 is 0 Å². The van der Waals surface area contributed by atoms with Crippen LogP contribution in [0.4, 0.5) is 0 Å². The van der Waals surface area contributed by atoms with Crippen molar-refractivity contribution in [1.82, 2.24) is 43.6 Å². The lowest BCUT2D eigenvalue weighted by Crippen LogP contribution is -2.03. The third kappa shape index (κ3) is 6.25. The fraction of sp³-hybridized carbons (Fsp3) is 0. The predicted octanol–water partition coefficient (Wildman–Crippen LogP) is 14.0. The zero-order valence-electron chi connectivity index (χ0n) is 36.9. The molecule has 69 heavy (non-hydrogen) atoms. The van der Waals surface area contributed by atoms with Gasteiger partial charge in [0.25, 0.3) is 0 Å². The minimum Gasteiger partial charge on any atom is -0.308 e. The Labute approximate surface area is 394 Å². The van der Waals surface area contributed by atoms with Crippen molar-refractivity contribution in [2.45, 2.75) is 0 Å². The van der Waals surface area contributed by atoms with Crippen LogP contribution in [0.1, 0.15) is 0 Å². The van der Waals surface area contributed by atoms with Gasteiger partial charge in [-0.05, 0) is 90.0 Å². The van der Waals surface area contributed by atoms with Crippen molar-refractivity contribution in [2.75, 3.05) is 0 Å². The second-order valence-electron chi connectivity index (χ2n) is 17.2. The van der Waals surface area contributed by atoms with Gasteiger partial charge in [-0.25, -0.2) is 19.9 Å². The Hall–Kier alpha value is -9.60. The summed E-state index contributed by atoms with van der Waals surface area (Å²) in [6, 6.07) is 74.0. The summed E-state index contributed by atoms with van der Waals surface area (Å²) in [7, 11) is 0. The summed E-state index contributed by atoms with van der Waals surface area (Å²) in [5.41, 5.74) is 14.3. The van der Waals surface area contributed by atoms with E-state index >= 15 is 0 Å². The fourth-order valence-corrected chi connectivity index (χ4v) is 10.2. The van der Waals surface area contributed by atoms with Gasteiger partial charge in [-0.3, -0.25) is 14.1 Å². The molecule has 0 bridgehead atoms. The molecule has 14 rings (SSSR count). The molecule has 6 heterocycles. The first kappa shape index (κ1) is 38.6. The first-order chi connectivity index (χ1) is 34.2. The average Bonchev–Trinajstić information content (AvgIpc) is 4.06. The largest absolute Gasteiger partial charge is 0.308 e. The number of nitrogens with zero attached hydrogens (tertiary/aromatic N) is 9. The van der Waals surface area contributed by atoms with Gasteiger partial charge in [0.1, 0.15) is 12.1 Å². The Kier molecular flexibility index (Phi) is 8.68. The quantitative estimate of drug-likeness (QED) is 0.158. The molecule has 9 heteroatoms. The Morgan fingerprint density at radius 1 is 0.304 bits per heavy atom. The molecule has 0 saturated carbocycles. The van der Waals surface area contributed by atoms with Crippen molar-refractivity contribution in [3.05, 3.63) is 225 Å². The molecule has 322 valence electrons. The molecule has 0 unspecified atom stereocenters. The van der Waals surface area contributed by atoms with E-state index in [0.29, 0.717) is 17.6 Å². The highest BCUT2D eigenvalue weighted by atomic mass is 15.2. The van der Waals surface area contributed by atoms with E-state index in [2.05, 4.69) is 177 Å². The molecule has 0 aliphatic heterocycles. The zero-order valence-corrected chi connectivity index (χ0v) is 36.9. The topological polar surface area (TPSA) is 92.1 Å². The van der Waals surface area contributed by atoms with Gasteiger partial charge < -0.3 is 4.57 Å². The summed E-state index contributed by atoms with van der Waals surface area (Å²) >= 11 is 0. The normalized spacial score (nSPS) is 11.8. The van der Waals surface area contributed by atoms with Crippen LogP contribution in [0.3, 0.4) is 0 Å². The lowest BCUT2D eigenvalue weighted by molar-refractivity contribution is 0.947. The third-order valence-electron chi connectivity index (χ3n) is 13.3. The highest BCUT2D eigenvalue weighted by Gasteiger charge is 2.21. The van der Waals surface area contributed by atoms with Crippen molar-refractivity contribution in [3.63, 3.8) is 0 Å². The third-order valence-corrected chi connectivity index (χ3v) is 13.3. The Bertz CT molecular complexity index is 4250. The predicted molar refractivity (Wildman–Crippen MR) is 278 cm³/mol. The van der Waals surface area contributed by atoms with Crippen LogP contribution in [0.15, 0.2) is 225 Å². The number of aromatic nitrogens is 9. The number of hydrogen-bond acceptors (Lipinski definition) is 6. The van der Waals surface area contributed by atoms with Crippen LogP contribution in [-0.4, -0.2) is 43.6 Å². The van der Waals surface area contributed by atoms with E-state index in [1.807, 2.05) is 54.7 Å². The van der Waals surface area contributed by atoms with Gasteiger partial charge in [0, 0.05) is 61.6 Å². The van der Waals surface area contributed by atoms with E-state index in [1.165, 1.54) is 0 Å². The minimum absolute atomic E-state index is 0.550. The van der Waals surface area contributed by atoms with Gasteiger partial charge in [-0.15, -0.1) is 0 Å². The molecular formula is C60H37N9. The zero-order chi connectivity index (χ0) is 45.4. The maximum atomic E-state index is 5.23. The van der Waals surface area contributed by atoms with E-state index in [0.717, 1.165) is 111 Å². The Morgan fingerprint density at radius 2 is 0.855 bits per heavy atom. The van der Waals surface area contributed by atoms with Crippen LogP contribution in [0, 0.1) is 0 Å². The minimum atomic E-state index is 0.550. The van der Waals surface area contributed by atoms with E-state index in [1.54, 1.807) is 6.33 Å². The average molecular weight is 884 g/mol. The highest BCUT2D eigenvalue weighted by Crippen LogP contribution is 2.39.